The maximum atomic E-state index is 12.0. The third-order valence-corrected chi connectivity index (χ3v) is 4.03. The quantitative estimate of drug-likeness (QED) is 0.859. The summed E-state index contributed by atoms with van der Waals surface area (Å²) in [4.78, 5) is 24.5. The van der Waals surface area contributed by atoms with Crippen LogP contribution in [0.1, 0.15) is 30.3 Å². The van der Waals surface area contributed by atoms with Gasteiger partial charge in [0.05, 0.1) is 5.75 Å². The number of rotatable bonds is 4. The van der Waals surface area contributed by atoms with Crippen molar-refractivity contribution in [3.05, 3.63) is 17.9 Å². The number of furan rings is 1. The second-order valence-corrected chi connectivity index (χ2v) is 5.78. The van der Waals surface area contributed by atoms with Gasteiger partial charge in [0.15, 0.2) is 5.09 Å². The van der Waals surface area contributed by atoms with Gasteiger partial charge in [-0.2, -0.15) is 0 Å². The van der Waals surface area contributed by atoms with E-state index in [4.69, 9.17) is 9.52 Å². The maximum Gasteiger partial charge on any atom is 0.371 e. The number of hydrogen-bond donors (Lipinski definition) is 1. The molecule has 0 saturated carbocycles. The van der Waals surface area contributed by atoms with Crippen LogP contribution in [0.15, 0.2) is 21.6 Å². The summed E-state index contributed by atoms with van der Waals surface area (Å²) in [5.74, 6) is -0.251. The van der Waals surface area contributed by atoms with Crippen molar-refractivity contribution < 1.29 is 19.1 Å². The van der Waals surface area contributed by atoms with Crippen molar-refractivity contribution in [2.45, 2.75) is 24.9 Å². The van der Waals surface area contributed by atoms with Crippen LogP contribution in [0.4, 0.5) is 0 Å². The predicted molar refractivity (Wildman–Crippen MR) is 71.4 cm³/mol. The van der Waals surface area contributed by atoms with Crippen molar-refractivity contribution in [2.24, 2.45) is 5.92 Å². The van der Waals surface area contributed by atoms with Crippen LogP contribution in [0.3, 0.4) is 0 Å². The fourth-order valence-electron chi connectivity index (χ4n) is 2.15. The first kappa shape index (κ1) is 14.0. The van der Waals surface area contributed by atoms with E-state index in [9.17, 15) is 9.59 Å². The summed E-state index contributed by atoms with van der Waals surface area (Å²) in [5.41, 5.74) is 0. The molecular formula is C13H17NO4S. The molecule has 5 nitrogen and oxygen atoms in total. The van der Waals surface area contributed by atoms with Crippen LogP contribution in [0.5, 0.6) is 0 Å². The van der Waals surface area contributed by atoms with Crippen molar-refractivity contribution in [2.75, 3.05) is 18.8 Å². The minimum atomic E-state index is -1.09. The molecule has 0 aromatic carbocycles. The van der Waals surface area contributed by atoms with Gasteiger partial charge in [-0.15, -0.1) is 0 Å². The topological polar surface area (TPSA) is 70.8 Å². The van der Waals surface area contributed by atoms with E-state index in [1.165, 1.54) is 24.2 Å². The average Bonchev–Trinajstić information content (AvgIpc) is 2.85. The molecule has 6 heteroatoms. The number of carboxylic acid groups (broad SMARTS) is 1. The second kappa shape index (κ2) is 6.14. The van der Waals surface area contributed by atoms with Crippen molar-refractivity contribution >= 4 is 23.6 Å². The molecule has 0 spiro atoms. The molecule has 1 N–H and O–H groups in total. The highest BCUT2D eigenvalue weighted by atomic mass is 32.2. The zero-order chi connectivity index (χ0) is 13.8. The summed E-state index contributed by atoms with van der Waals surface area (Å²) in [7, 11) is 0. The molecular weight excluding hydrogens is 266 g/mol. The summed E-state index contributed by atoms with van der Waals surface area (Å²) in [6, 6.07) is 2.98. The van der Waals surface area contributed by atoms with E-state index in [1.54, 1.807) is 6.07 Å². The number of carboxylic acids is 1. The maximum absolute atomic E-state index is 12.0. The first-order valence-electron chi connectivity index (χ1n) is 6.30. The largest absolute Gasteiger partial charge is 0.475 e. The van der Waals surface area contributed by atoms with Crippen molar-refractivity contribution in [1.82, 2.24) is 4.90 Å². The van der Waals surface area contributed by atoms with Crippen LogP contribution in [-0.2, 0) is 4.79 Å². The monoisotopic (exact) mass is 283 g/mol. The molecule has 104 valence electrons. The van der Waals surface area contributed by atoms with E-state index in [1.807, 2.05) is 4.90 Å². The molecule has 1 saturated heterocycles. The van der Waals surface area contributed by atoms with Gasteiger partial charge in [-0.25, -0.2) is 4.79 Å². The Balaban J connectivity index is 1.84. The summed E-state index contributed by atoms with van der Waals surface area (Å²) >= 11 is 1.24. The third kappa shape index (κ3) is 3.76. The predicted octanol–water partition coefficient (Wildman–Crippen LogP) is 2.33. The van der Waals surface area contributed by atoms with Gasteiger partial charge in [0.1, 0.15) is 0 Å². The lowest BCUT2D eigenvalue weighted by atomic mass is 10.0. The molecule has 0 aliphatic carbocycles. The molecule has 1 aliphatic rings. The van der Waals surface area contributed by atoms with Crippen molar-refractivity contribution in [3.63, 3.8) is 0 Å². The molecule has 0 radical (unpaired) electrons. The number of likely N-dealkylation sites (tertiary alicyclic amines) is 1. The number of carbonyl (C=O) groups excluding carboxylic acids is 1. The zero-order valence-electron chi connectivity index (χ0n) is 10.8. The lowest BCUT2D eigenvalue weighted by molar-refractivity contribution is -0.130. The summed E-state index contributed by atoms with van der Waals surface area (Å²) in [5, 5.41) is 9.20. The Morgan fingerprint density at radius 3 is 2.95 bits per heavy atom. The van der Waals surface area contributed by atoms with E-state index in [0.717, 1.165) is 19.5 Å². The van der Waals surface area contributed by atoms with Gasteiger partial charge in [0.2, 0.25) is 11.7 Å². The highest BCUT2D eigenvalue weighted by Crippen LogP contribution is 2.23. The number of thioether (sulfide) groups is 1. The number of nitrogens with zero attached hydrogens (tertiary/aromatic N) is 1. The Bertz CT molecular complexity index is 471. The molecule has 1 unspecified atom stereocenters. The van der Waals surface area contributed by atoms with Crippen LogP contribution in [-0.4, -0.2) is 40.7 Å². The molecule has 2 rings (SSSR count). The molecule has 1 aromatic heterocycles. The Labute approximate surface area is 116 Å². The van der Waals surface area contributed by atoms with E-state index in [-0.39, 0.29) is 11.7 Å². The van der Waals surface area contributed by atoms with Gasteiger partial charge >= 0.3 is 5.97 Å². The van der Waals surface area contributed by atoms with Crippen LogP contribution in [0.25, 0.3) is 0 Å². The number of aromatic carboxylic acids is 1. The summed E-state index contributed by atoms with van der Waals surface area (Å²) in [6.07, 6.45) is 2.23. The van der Waals surface area contributed by atoms with Crippen molar-refractivity contribution in [1.29, 1.82) is 0 Å². The molecule has 1 aromatic rings. The van der Waals surface area contributed by atoms with Gasteiger partial charge < -0.3 is 14.4 Å². The van der Waals surface area contributed by atoms with E-state index in [0.29, 0.717) is 16.8 Å². The molecule has 2 heterocycles. The van der Waals surface area contributed by atoms with Crippen molar-refractivity contribution in [3.8, 4) is 0 Å². The van der Waals surface area contributed by atoms with Crippen LogP contribution >= 0.6 is 11.8 Å². The van der Waals surface area contributed by atoms with E-state index < -0.39 is 5.97 Å². The Morgan fingerprint density at radius 1 is 1.53 bits per heavy atom. The van der Waals surface area contributed by atoms with Crippen LogP contribution in [0.2, 0.25) is 0 Å². The molecule has 1 atom stereocenters. The van der Waals surface area contributed by atoms with Crippen LogP contribution < -0.4 is 0 Å². The second-order valence-electron chi connectivity index (χ2n) is 4.80. The number of carbonyl (C=O) groups is 2. The Morgan fingerprint density at radius 2 is 2.32 bits per heavy atom. The lowest BCUT2D eigenvalue weighted by Gasteiger charge is -2.30. The normalized spacial score (nSPS) is 19.4. The molecule has 1 fully saturated rings. The average molecular weight is 283 g/mol. The minimum absolute atomic E-state index is 0.0878. The molecule has 1 amide bonds. The minimum Gasteiger partial charge on any atom is -0.475 e. The highest BCUT2D eigenvalue weighted by Gasteiger charge is 2.21. The van der Waals surface area contributed by atoms with Gasteiger partial charge in [-0.3, -0.25) is 4.79 Å². The van der Waals surface area contributed by atoms with Gasteiger partial charge in [-0.05, 0) is 30.9 Å². The van der Waals surface area contributed by atoms with Gasteiger partial charge in [0, 0.05) is 13.1 Å². The SMILES string of the molecule is CC1CCCN(C(=O)CSc2ccc(C(=O)O)o2)C1. The summed E-state index contributed by atoms with van der Waals surface area (Å²) < 4.78 is 5.10. The summed E-state index contributed by atoms with van der Waals surface area (Å²) in [6.45, 7) is 3.79. The smallest absolute Gasteiger partial charge is 0.371 e. The van der Waals surface area contributed by atoms with E-state index in [2.05, 4.69) is 6.92 Å². The number of hydrogen-bond acceptors (Lipinski definition) is 4. The van der Waals surface area contributed by atoms with Crippen LogP contribution in [0, 0.1) is 5.92 Å². The fourth-order valence-corrected chi connectivity index (χ4v) is 2.91. The highest BCUT2D eigenvalue weighted by molar-refractivity contribution is 7.99. The zero-order valence-corrected chi connectivity index (χ0v) is 11.6. The lowest BCUT2D eigenvalue weighted by Crippen LogP contribution is -2.40. The van der Waals surface area contributed by atoms with Gasteiger partial charge in [-0.1, -0.05) is 18.7 Å². The molecule has 1 aliphatic heterocycles. The standard InChI is InChI=1S/C13H17NO4S/c1-9-3-2-6-14(7-9)11(15)8-19-12-5-4-10(18-12)13(16)17/h4-5,9H,2-3,6-8H2,1H3,(H,16,17). The first-order valence-corrected chi connectivity index (χ1v) is 7.28. The fraction of sp³-hybridized carbons (Fsp3) is 0.538. The molecule has 19 heavy (non-hydrogen) atoms. The number of amides is 1. The number of piperidine rings is 1. The molecule has 0 bridgehead atoms. The third-order valence-electron chi connectivity index (χ3n) is 3.14. The Kier molecular flexibility index (Phi) is 4.52. The Hall–Kier alpha value is -1.43. The van der Waals surface area contributed by atoms with E-state index >= 15 is 0 Å². The van der Waals surface area contributed by atoms with Gasteiger partial charge in [0.25, 0.3) is 0 Å². The first-order chi connectivity index (χ1) is 9.06.